The van der Waals surface area contributed by atoms with Crippen LogP contribution in [-0.2, 0) is 0 Å². The first-order chi connectivity index (χ1) is 5.69. The van der Waals surface area contributed by atoms with E-state index in [0.29, 0.717) is 16.3 Å². The van der Waals surface area contributed by atoms with Crippen LogP contribution >= 0.6 is 11.6 Å². The Morgan fingerprint density at radius 2 is 2.17 bits per heavy atom. The van der Waals surface area contributed by atoms with Crippen LogP contribution in [0.4, 0.5) is 0 Å². The molecule has 0 atom stereocenters. The molecule has 2 nitrogen and oxygen atoms in total. The fraction of sp³-hybridized carbons (Fsp3) is 0.222. The summed E-state index contributed by atoms with van der Waals surface area (Å²) in [6, 6.07) is 5.36. The van der Waals surface area contributed by atoms with E-state index in [-0.39, 0.29) is 0 Å². The highest BCUT2D eigenvalue weighted by molar-refractivity contribution is 6.31. The largest absolute Gasteiger partial charge is 0.495 e. The van der Waals surface area contributed by atoms with Gasteiger partial charge in [0.05, 0.1) is 12.7 Å². The van der Waals surface area contributed by atoms with Crippen molar-refractivity contribution in [3.8, 4) is 11.8 Å². The van der Waals surface area contributed by atoms with Gasteiger partial charge in [0.15, 0.2) is 0 Å². The van der Waals surface area contributed by atoms with Gasteiger partial charge in [-0.15, -0.1) is 0 Å². The van der Waals surface area contributed by atoms with Crippen LogP contribution in [0.15, 0.2) is 12.1 Å². The minimum atomic E-state index is 0.466. The lowest BCUT2D eigenvalue weighted by Gasteiger charge is -2.04. The monoisotopic (exact) mass is 181 g/mol. The van der Waals surface area contributed by atoms with Gasteiger partial charge in [0.1, 0.15) is 11.8 Å². The van der Waals surface area contributed by atoms with E-state index in [4.69, 9.17) is 21.6 Å². The average molecular weight is 182 g/mol. The standard InChI is InChI=1S/C9H8ClNO/c1-6-3-9(12-2)7(5-11)4-8(6)10/h3-4H,1-2H3. The molecule has 1 aromatic carbocycles. The average Bonchev–Trinajstić information content (AvgIpc) is 2.09. The van der Waals surface area contributed by atoms with Crippen LogP contribution in [0.5, 0.6) is 5.75 Å². The summed E-state index contributed by atoms with van der Waals surface area (Å²) in [6.45, 7) is 1.87. The van der Waals surface area contributed by atoms with Crippen molar-refractivity contribution >= 4 is 11.6 Å². The number of ether oxygens (including phenoxy) is 1. The second-order valence-corrected chi connectivity index (χ2v) is 2.82. The van der Waals surface area contributed by atoms with E-state index in [0.717, 1.165) is 5.56 Å². The second-order valence-electron chi connectivity index (χ2n) is 2.41. The van der Waals surface area contributed by atoms with E-state index < -0.39 is 0 Å². The Hall–Kier alpha value is -1.20. The lowest BCUT2D eigenvalue weighted by Crippen LogP contribution is -1.89. The first-order valence-corrected chi connectivity index (χ1v) is 3.81. The van der Waals surface area contributed by atoms with Gasteiger partial charge in [-0.2, -0.15) is 5.26 Å². The smallest absolute Gasteiger partial charge is 0.136 e. The number of methoxy groups -OCH3 is 1. The molecule has 0 bridgehead atoms. The maximum atomic E-state index is 8.68. The van der Waals surface area contributed by atoms with Gasteiger partial charge in [-0.1, -0.05) is 11.6 Å². The molecule has 0 saturated heterocycles. The van der Waals surface area contributed by atoms with Crippen molar-refractivity contribution < 1.29 is 4.74 Å². The number of rotatable bonds is 1. The lowest BCUT2D eigenvalue weighted by molar-refractivity contribution is 0.413. The van der Waals surface area contributed by atoms with Crippen LogP contribution in [0, 0.1) is 18.3 Å². The van der Waals surface area contributed by atoms with Gasteiger partial charge in [-0.25, -0.2) is 0 Å². The normalized spacial score (nSPS) is 9.17. The van der Waals surface area contributed by atoms with Gasteiger partial charge in [0.25, 0.3) is 0 Å². The quantitative estimate of drug-likeness (QED) is 0.667. The van der Waals surface area contributed by atoms with Crippen LogP contribution in [-0.4, -0.2) is 7.11 Å². The molecule has 0 amide bonds. The summed E-state index contributed by atoms with van der Waals surface area (Å²) in [5.41, 5.74) is 1.38. The number of halogens is 1. The Morgan fingerprint density at radius 3 is 2.67 bits per heavy atom. The Bertz CT molecular complexity index is 341. The zero-order chi connectivity index (χ0) is 9.14. The van der Waals surface area contributed by atoms with Crippen LogP contribution in [0.2, 0.25) is 5.02 Å². The molecule has 0 spiro atoms. The van der Waals surface area contributed by atoms with Gasteiger partial charge in [-0.3, -0.25) is 0 Å². The molecule has 0 unspecified atom stereocenters. The molecule has 1 rings (SSSR count). The summed E-state index contributed by atoms with van der Waals surface area (Å²) in [4.78, 5) is 0. The molecule has 0 N–H and O–H groups in total. The van der Waals surface area contributed by atoms with E-state index in [2.05, 4.69) is 0 Å². The summed E-state index contributed by atoms with van der Waals surface area (Å²) >= 11 is 5.81. The summed E-state index contributed by atoms with van der Waals surface area (Å²) in [5.74, 6) is 0.569. The van der Waals surface area contributed by atoms with E-state index in [9.17, 15) is 0 Å². The van der Waals surface area contributed by atoms with Crippen molar-refractivity contribution in [3.63, 3.8) is 0 Å². The van der Waals surface area contributed by atoms with Crippen LogP contribution in [0.25, 0.3) is 0 Å². The first-order valence-electron chi connectivity index (χ1n) is 3.43. The van der Waals surface area contributed by atoms with E-state index in [1.54, 1.807) is 12.1 Å². The van der Waals surface area contributed by atoms with E-state index >= 15 is 0 Å². The molecule has 62 valence electrons. The Morgan fingerprint density at radius 1 is 1.50 bits per heavy atom. The summed E-state index contributed by atoms with van der Waals surface area (Å²) in [7, 11) is 1.53. The third-order valence-corrected chi connectivity index (χ3v) is 2.01. The molecule has 0 aromatic heterocycles. The molecular formula is C9H8ClNO. The topological polar surface area (TPSA) is 33.0 Å². The lowest BCUT2D eigenvalue weighted by atomic mass is 10.1. The number of hydrogen-bond donors (Lipinski definition) is 0. The van der Waals surface area contributed by atoms with E-state index in [1.165, 1.54) is 7.11 Å². The first kappa shape index (κ1) is 8.89. The highest BCUT2D eigenvalue weighted by Gasteiger charge is 2.05. The minimum absolute atomic E-state index is 0.466. The van der Waals surface area contributed by atoms with Crippen molar-refractivity contribution in [1.29, 1.82) is 5.26 Å². The van der Waals surface area contributed by atoms with Crippen molar-refractivity contribution in [1.82, 2.24) is 0 Å². The molecule has 3 heteroatoms. The van der Waals surface area contributed by atoms with Gasteiger partial charge in [0, 0.05) is 5.02 Å². The Kier molecular flexibility index (Phi) is 2.57. The van der Waals surface area contributed by atoms with E-state index in [1.807, 2.05) is 13.0 Å². The summed E-state index contributed by atoms with van der Waals surface area (Å²) in [6.07, 6.45) is 0. The predicted octanol–water partition coefficient (Wildman–Crippen LogP) is 2.53. The zero-order valence-electron chi connectivity index (χ0n) is 6.89. The number of nitrogens with zero attached hydrogens (tertiary/aromatic N) is 1. The summed E-state index contributed by atoms with van der Waals surface area (Å²) < 4.78 is 4.99. The van der Waals surface area contributed by atoms with Crippen molar-refractivity contribution in [2.75, 3.05) is 7.11 Å². The van der Waals surface area contributed by atoms with Crippen molar-refractivity contribution in [3.05, 3.63) is 28.3 Å². The third kappa shape index (κ3) is 1.51. The molecule has 0 radical (unpaired) electrons. The highest BCUT2D eigenvalue weighted by Crippen LogP contribution is 2.25. The molecule has 0 aliphatic rings. The SMILES string of the molecule is COc1cc(C)c(Cl)cc1C#N. The fourth-order valence-corrected chi connectivity index (χ4v) is 1.07. The molecule has 0 aliphatic heterocycles. The minimum Gasteiger partial charge on any atom is -0.495 e. The number of aryl methyl sites for hydroxylation is 1. The van der Waals surface area contributed by atoms with Crippen LogP contribution in [0.3, 0.4) is 0 Å². The van der Waals surface area contributed by atoms with Gasteiger partial charge < -0.3 is 4.74 Å². The van der Waals surface area contributed by atoms with Gasteiger partial charge in [-0.05, 0) is 24.6 Å². The molecule has 0 fully saturated rings. The molecule has 0 saturated carbocycles. The highest BCUT2D eigenvalue weighted by atomic mass is 35.5. The maximum Gasteiger partial charge on any atom is 0.136 e. The molecular weight excluding hydrogens is 174 g/mol. The number of benzene rings is 1. The number of nitriles is 1. The third-order valence-electron chi connectivity index (χ3n) is 1.60. The van der Waals surface area contributed by atoms with Crippen molar-refractivity contribution in [2.24, 2.45) is 0 Å². The molecule has 12 heavy (non-hydrogen) atoms. The second kappa shape index (κ2) is 3.46. The Balaban J connectivity index is 3.31. The predicted molar refractivity (Wildman–Crippen MR) is 47.5 cm³/mol. The van der Waals surface area contributed by atoms with Crippen LogP contribution < -0.4 is 4.74 Å². The van der Waals surface area contributed by atoms with Gasteiger partial charge >= 0.3 is 0 Å². The fourth-order valence-electron chi connectivity index (χ4n) is 0.911. The van der Waals surface area contributed by atoms with Crippen molar-refractivity contribution in [2.45, 2.75) is 6.92 Å². The molecule has 0 heterocycles. The molecule has 0 aliphatic carbocycles. The molecule has 1 aromatic rings. The van der Waals surface area contributed by atoms with Crippen LogP contribution in [0.1, 0.15) is 11.1 Å². The maximum absolute atomic E-state index is 8.68. The van der Waals surface area contributed by atoms with Gasteiger partial charge in [0.2, 0.25) is 0 Å². The zero-order valence-corrected chi connectivity index (χ0v) is 7.64. The summed E-state index contributed by atoms with van der Waals surface area (Å²) in [5, 5.41) is 9.27. The Labute approximate surface area is 76.3 Å². The number of hydrogen-bond acceptors (Lipinski definition) is 2.